The van der Waals surface area contributed by atoms with E-state index in [1.807, 2.05) is 13.0 Å². The van der Waals surface area contributed by atoms with Crippen LogP contribution in [0.5, 0.6) is 0 Å². The van der Waals surface area contributed by atoms with Crippen molar-refractivity contribution < 1.29 is 14.3 Å². The Balaban J connectivity index is 1.63. The Morgan fingerprint density at radius 3 is 2.23 bits per heavy atom. The molecule has 0 heterocycles. The second kappa shape index (κ2) is 9.00. The largest absolute Gasteiger partial charge is 0.469 e. The summed E-state index contributed by atoms with van der Waals surface area (Å²) in [6.45, 7) is 15.6. The minimum Gasteiger partial charge on any atom is -0.469 e. The topological polar surface area (TPSA) is 141 Å². The van der Waals surface area contributed by atoms with Gasteiger partial charge in [-0.3, -0.25) is 9.59 Å². The van der Waals surface area contributed by atoms with E-state index in [9.17, 15) is 20.7 Å². The van der Waals surface area contributed by atoms with Gasteiger partial charge in [0.05, 0.1) is 18.6 Å². The molecule has 0 spiro atoms. The van der Waals surface area contributed by atoms with Crippen LogP contribution in [0.3, 0.4) is 0 Å². The van der Waals surface area contributed by atoms with Crippen molar-refractivity contribution in [3.05, 3.63) is 32.5 Å². The lowest BCUT2D eigenvalue weighted by Crippen LogP contribution is -2.68. The zero-order chi connectivity index (χ0) is 29.5. The number of methoxy groups -OCH3 is 1. The minimum atomic E-state index is -0.547. The summed E-state index contributed by atoms with van der Waals surface area (Å²) in [6.07, 6.45) is 8.92. The molecule has 9 nitrogen and oxygen atoms in total. The van der Waals surface area contributed by atoms with Crippen LogP contribution in [0.2, 0.25) is 0 Å². The Morgan fingerprint density at radius 2 is 1.60 bits per heavy atom. The number of allylic oxidation sites excluding steroid dienone is 2. The molecule has 0 radical (unpaired) electrons. The quantitative estimate of drug-likeness (QED) is 0.152. The van der Waals surface area contributed by atoms with Gasteiger partial charge >= 0.3 is 5.97 Å². The predicted molar refractivity (Wildman–Crippen MR) is 153 cm³/mol. The highest BCUT2D eigenvalue weighted by Crippen LogP contribution is 2.75. The van der Waals surface area contributed by atoms with Gasteiger partial charge in [0.1, 0.15) is 0 Å². The smallest absolute Gasteiger partial charge is 0.311 e. The molecule has 5 aliphatic rings. The van der Waals surface area contributed by atoms with Gasteiger partial charge in [0.15, 0.2) is 5.78 Å². The van der Waals surface area contributed by atoms with Crippen LogP contribution < -0.4 is 0 Å². The average Bonchev–Trinajstić information content (AvgIpc) is 2.88. The molecule has 40 heavy (non-hydrogen) atoms. The Hall–Kier alpha value is -2.50. The van der Waals surface area contributed by atoms with E-state index in [1.165, 1.54) is 12.7 Å². The maximum atomic E-state index is 14.6. The number of carbonyl (C=O) groups excluding carboxylic acids is 2. The first-order valence-electron chi connectivity index (χ1n) is 15.0. The molecule has 0 saturated heterocycles. The van der Waals surface area contributed by atoms with Gasteiger partial charge in [-0.05, 0) is 114 Å². The molecule has 5 aliphatic carbocycles. The van der Waals surface area contributed by atoms with E-state index in [-0.39, 0.29) is 45.8 Å². The summed E-state index contributed by atoms with van der Waals surface area (Å²) in [7, 11) is 1.47. The maximum Gasteiger partial charge on any atom is 0.311 e. The maximum absolute atomic E-state index is 14.6. The van der Waals surface area contributed by atoms with Crippen molar-refractivity contribution in [1.82, 2.24) is 0 Å². The molecule has 9 heteroatoms. The number of rotatable bonds is 3. The number of fused-ring (bicyclic) bond motifs is 7. The van der Waals surface area contributed by atoms with Crippen molar-refractivity contribution >= 4 is 11.8 Å². The summed E-state index contributed by atoms with van der Waals surface area (Å²) < 4.78 is 5.25. The number of hydrogen-bond donors (Lipinski definition) is 0. The summed E-state index contributed by atoms with van der Waals surface area (Å²) in [5, 5.41) is 8.30. The SMILES string of the molecule is COC(=O)[C@@]1(C)CC[C@]2(C)CC[C@]3(C)C(=CC(=O)[C@@H]4[C@@]5(C)CC(N=[N+]=[N-])C(N=[N+]=[N-])C(C)(C)[C@@H]5CC[C@]43C)[C@@H]2C1. The van der Waals surface area contributed by atoms with E-state index in [0.29, 0.717) is 12.8 Å². The highest BCUT2D eigenvalue weighted by atomic mass is 16.5. The third kappa shape index (κ3) is 3.59. The lowest BCUT2D eigenvalue weighted by molar-refractivity contribution is -0.190. The van der Waals surface area contributed by atoms with Crippen LogP contribution in [-0.4, -0.2) is 30.9 Å². The molecule has 0 aromatic carbocycles. The molecule has 4 fully saturated rings. The molecule has 0 N–H and O–H groups in total. The number of nitrogens with zero attached hydrogens (tertiary/aromatic N) is 6. The Labute approximate surface area is 238 Å². The summed E-state index contributed by atoms with van der Waals surface area (Å²) in [5.74, 6) is 0.103. The zero-order valence-corrected chi connectivity index (χ0v) is 25.5. The zero-order valence-electron chi connectivity index (χ0n) is 25.5. The predicted octanol–water partition coefficient (Wildman–Crippen LogP) is 8.11. The lowest BCUT2D eigenvalue weighted by Gasteiger charge is -2.71. The van der Waals surface area contributed by atoms with Crippen molar-refractivity contribution in [3.63, 3.8) is 0 Å². The monoisotopic (exact) mass is 550 g/mol. The summed E-state index contributed by atoms with van der Waals surface area (Å²) >= 11 is 0. The number of hydrogen-bond acceptors (Lipinski definition) is 5. The summed E-state index contributed by atoms with van der Waals surface area (Å²) in [4.78, 5) is 33.7. The average molecular weight is 551 g/mol. The molecule has 0 amide bonds. The fourth-order valence-corrected chi connectivity index (χ4v) is 11.2. The van der Waals surface area contributed by atoms with Crippen LogP contribution in [-0.2, 0) is 14.3 Å². The van der Waals surface area contributed by atoms with Gasteiger partial charge in [-0.2, -0.15) is 0 Å². The highest BCUT2D eigenvalue weighted by molar-refractivity contribution is 5.95. The molecule has 0 aliphatic heterocycles. The van der Waals surface area contributed by atoms with Crippen molar-refractivity contribution in [1.29, 1.82) is 0 Å². The first-order valence-corrected chi connectivity index (χ1v) is 15.0. The minimum absolute atomic E-state index is 0.0609. The first kappa shape index (κ1) is 29.0. The first-order chi connectivity index (χ1) is 18.6. The molecular formula is C31H46N6O3. The van der Waals surface area contributed by atoms with E-state index in [4.69, 9.17) is 4.74 Å². The van der Waals surface area contributed by atoms with Crippen molar-refractivity contribution in [3.8, 4) is 0 Å². The van der Waals surface area contributed by atoms with Crippen LogP contribution in [0.25, 0.3) is 20.9 Å². The third-order valence-electron chi connectivity index (χ3n) is 13.6. The number of carbonyl (C=O) groups is 2. The number of azide groups is 2. The molecular weight excluding hydrogens is 504 g/mol. The fourth-order valence-electron chi connectivity index (χ4n) is 11.2. The van der Waals surface area contributed by atoms with Gasteiger partial charge < -0.3 is 4.74 Å². The van der Waals surface area contributed by atoms with Crippen LogP contribution in [0, 0.1) is 50.2 Å². The Bertz CT molecular complexity index is 1270. The van der Waals surface area contributed by atoms with Crippen molar-refractivity contribution in [2.45, 2.75) is 112 Å². The third-order valence-corrected chi connectivity index (χ3v) is 13.6. The molecule has 0 aromatic heterocycles. The van der Waals surface area contributed by atoms with Crippen molar-refractivity contribution in [2.24, 2.45) is 60.5 Å². The van der Waals surface area contributed by atoms with Crippen LogP contribution in [0.15, 0.2) is 21.9 Å². The molecule has 0 aromatic rings. The number of esters is 1. The van der Waals surface area contributed by atoms with E-state index >= 15 is 0 Å². The molecule has 10 atom stereocenters. The van der Waals surface area contributed by atoms with Crippen molar-refractivity contribution in [2.75, 3.05) is 7.11 Å². The van der Waals surface area contributed by atoms with E-state index < -0.39 is 28.3 Å². The molecule has 5 rings (SSSR count). The number of ether oxygens (including phenoxy) is 1. The molecule has 0 bridgehead atoms. The van der Waals surface area contributed by atoms with Gasteiger partial charge in [-0.25, -0.2) is 0 Å². The highest BCUT2D eigenvalue weighted by Gasteiger charge is 2.71. The Morgan fingerprint density at radius 1 is 0.950 bits per heavy atom. The Kier molecular flexibility index (Phi) is 6.53. The van der Waals surface area contributed by atoms with Crippen LogP contribution in [0.1, 0.15) is 99.8 Å². The number of ketones is 1. The standard InChI is InChI=1S/C31H46N6O3/c1-26(2)22-9-10-31(7)23(29(22,5)17-20(34-36-32)24(26)35-37-33)21(38)15-18-19-16-28(4,25(39)40-8)12-11-27(19,3)13-14-30(18,31)6/h15,19-20,22-24H,9-14,16-17H2,1-8H3/t19-,20?,22-,23+,24?,27+,28-,29-,30+,31+/m0/s1. The lowest BCUT2D eigenvalue weighted by atomic mass is 9.33. The van der Waals surface area contributed by atoms with E-state index in [2.05, 4.69) is 61.6 Å². The molecule has 218 valence electrons. The van der Waals surface area contributed by atoms with Crippen LogP contribution >= 0.6 is 0 Å². The van der Waals surface area contributed by atoms with Crippen LogP contribution in [0.4, 0.5) is 0 Å². The van der Waals surface area contributed by atoms with Gasteiger partial charge in [-0.15, -0.1) is 0 Å². The van der Waals surface area contributed by atoms with E-state index in [1.54, 1.807) is 0 Å². The van der Waals surface area contributed by atoms with E-state index in [0.717, 1.165) is 38.5 Å². The van der Waals surface area contributed by atoms with Gasteiger partial charge in [-0.1, -0.05) is 57.3 Å². The van der Waals surface area contributed by atoms with Gasteiger partial charge in [0, 0.05) is 21.8 Å². The summed E-state index contributed by atoms with van der Waals surface area (Å²) in [5.41, 5.74) is 18.3. The second-order valence-electron chi connectivity index (χ2n) is 15.7. The molecule has 4 saturated carbocycles. The fraction of sp³-hybridized carbons (Fsp3) is 0.871. The van der Waals surface area contributed by atoms with Gasteiger partial charge in [0.25, 0.3) is 0 Å². The molecule has 2 unspecified atom stereocenters. The second-order valence-corrected chi connectivity index (χ2v) is 15.7. The van der Waals surface area contributed by atoms with Gasteiger partial charge in [0.2, 0.25) is 0 Å². The summed E-state index contributed by atoms with van der Waals surface area (Å²) in [6, 6.07) is -0.955. The normalized spacial score (nSPS) is 49.0.